The van der Waals surface area contributed by atoms with Gasteiger partial charge in [-0.3, -0.25) is 9.13 Å². The molecule has 3 heterocycles. The van der Waals surface area contributed by atoms with Crippen LogP contribution < -0.4 is 0 Å². The van der Waals surface area contributed by atoms with Crippen molar-refractivity contribution in [2.24, 2.45) is 0 Å². The molecule has 0 aliphatic rings. The number of hydrogen-bond acceptors (Lipinski definition) is 5. The number of para-hydroxylation sites is 6. The summed E-state index contributed by atoms with van der Waals surface area (Å²) in [5, 5.41) is 0. The second-order valence-corrected chi connectivity index (χ2v) is 16.0. The molecule has 0 fully saturated rings. The summed E-state index contributed by atoms with van der Waals surface area (Å²) in [6.07, 6.45) is 0. The van der Waals surface area contributed by atoms with Crippen molar-refractivity contribution in [1.82, 2.24) is 34.1 Å². The number of nitrogens with zero attached hydrogens (tertiary/aromatic N) is 7. The minimum Gasteiger partial charge on any atom is -0.292 e. The zero-order valence-electron chi connectivity index (χ0n) is 35.1. The van der Waals surface area contributed by atoms with Gasteiger partial charge in [0, 0.05) is 39.2 Å². The Bertz CT molecular complexity index is 3240. The fraction of sp³-hybridized carbons (Fsp3) is 0.0536. The molecule has 0 aliphatic carbocycles. The van der Waals surface area contributed by atoms with Crippen LogP contribution in [0.15, 0.2) is 194 Å². The Morgan fingerprint density at radius 2 is 0.635 bits per heavy atom. The van der Waals surface area contributed by atoms with Gasteiger partial charge >= 0.3 is 0 Å². The average molecular weight is 812 g/mol. The van der Waals surface area contributed by atoms with Gasteiger partial charge in [0.25, 0.3) is 0 Å². The molecule has 0 N–H and O–H groups in total. The van der Waals surface area contributed by atoms with E-state index in [0.29, 0.717) is 17.5 Å². The fourth-order valence-corrected chi connectivity index (χ4v) is 8.43. The standard InChI is InChI=1S/C56H41N7/c1-36-34-45(35-37(2)38(36)3)39-22-24-40(25-23-39)52-59-53(41-26-30-43(31-27-41)55-57-48-18-10-12-20-50(48)62(55)46-14-6-4-7-15-46)61-54(60-52)42-28-32-44(33-29-42)56-58-49-19-11-13-21-51(49)63(56)47-16-8-5-9-17-47/h4-35H,1-3H3. The van der Waals surface area contributed by atoms with E-state index in [0.717, 1.165) is 78.5 Å². The van der Waals surface area contributed by atoms with Crippen LogP contribution in [0.4, 0.5) is 0 Å². The molecular weight excluding hydrogens is 771 g/mol. The first-order valence-electron chi connectivity index (χ1n) is 21.2. The molecule has 0 saturated carbocycles. The van der Waals surface area contributed by atoms with Gasteiger partial charge in [0.1, 0.15) is 11.6 Å². The maximum atomic E-state index is 5.13. The predicted molar refractivity (Wildman–Crippen MR) is 256 cm³/mol. The molecule has 0 unspecified atom stereocenters. The van der Waals surface area contributed by atoms with Gasteiger partial charge < -0.3 is 0 Å². The first kappa shape index (κ1) is 37.7. The predicted octanol–water partition coefficient (Wildman–Crippen LogP) is 13.5. The normalized spacial score (nSPS) is 11.4. The highest BCUT2D eigenvalue weighted by Gasteiger charge is 2.18. The minimum atomic E-state index is 0.585. The van der Waals surface area contributed by atoms with E-state index in [9.17, 15) is 0 Å². The van der Waals surface area contributed by atoms with E-state index in [1.807, 2.05) is 24.3 Å². The molecule has 3 aromatic heterocycles. The Morgan fingerprint density at radius 1 is 0.302 bits per heavy atom. The lowest BCUT2D eigenvalue weighted by molar-refractivity contribution is 1.07. The lowest BCUT2D eigenvalue weighted by Gasteiger charge is -2.12. The third-order valence-electron chi connectivity index (χ3n) is 12.0. The minimum absolute atomic E-state index is 0.585. The third-order valence-corrected chi connectivity index (χ3v) is 12.0. The van der Waals surface area contributed by atoms with Gasteiger partial charge in [-0.25, -0.2) is 24.9 Å². The maximum absolute atomic E-state index is 5.13. The second-order valence-electron chi connectivity index (χ2n) is 16.0. The van der Waals surface area contributed by atoms with Crippen LogP contribution in [0.2, 0.25) is 0 Å². The molecule has 8 aromatic carbocycles. The van der Waals surface area contributed by atoms with Crippen LogP contribution >= 0.6 is 0 Å². The Kier molecular flexibility index (Phi) is 9.35. The van der Waals surface area contributed by atoms with Gasteiger partial charge in [-0.1, -0.05) is 146 Å². The summed E-state index contributed by atoms with van der Waals surface area (Å²) >= 11 is 0. The molecule has 7 nitrogen and oxygen atoms in total. The molecule has 300 valence electrons. The van der Waals surface area contributed by atoms with Gasteiger partial charge in [-0.05, 0) is 97.1 Å². The number of rotatable bonds is 8. The maximum Gasteiger partial charge on any atom is 0.164 e. The van der Waals surface area contributed by atoms with Gasteiger partial charge in [0.05, 0.1) is 22.1 Å². The highest BCUT2D eigenvalue weighted by Crippen LogP contribution is 2.34. The molecule has 11 rings (SSSR count). The van der Waals surface area contributed by atoms with Crippen molar-refractivity contribution in [1.29, 1.82) is 0 Å². The Morgan fingerprint density at radius 3 is 1.03 bits per heavy atom. The topological polar surface area (TPSA) is 74.3 Å². The summed E-state index contributed by atoms with van der Waals surface area (Å²) in [5.41, 5.74) is 17.0. The molecule has 63 heavy (non-hydrogen) atoms. The summed E-state index contributed by atoms with van der Waals surface area (Å²) < 4.78 is 4.43. The fourth-order valence-electron chi connectivity index (χ4n) is 8.43. The van der Waals surface area contributed by atoms with Gasteiger partial charge in [-0.15, -0.1) is 0 Å². The van der Waals surface area contributed by atoms with Crippen LogP contribution in [0, 0.1) is 20.8 Å². The summed E-state index contributed by atoms with van der Waals surface area (Å²) in [6, 6.07) is 67.0. The molecule has 0 saturated heterocycles. The quantitative estimate of drug-likeness (QED) is 0.153. The SMILES string of the molecule is Cc1cc(-c2ccc(-c3nc(-c4ccc(-c5nc6ccccc6n5-c5ccccc5)cc4)nc(-c4ccc(-c5nc6ccccc6n5-c5ccccc5)cc4)n3)cc2)cc(C)c1C. The average Bonchev–Trinajstić information content (AvgIpc) is 3.93. The van der Waals surface area contributed by atoms with Gasteiger partial charge in [-0.2, -0.15) is 0 Å². The van der Waals surface area contributed by atoms with E-state index < -0.39 is 0 Å². The number of hydrogen-bond donors (Lipinski definition) is 0. The summed E-state index contributed by atoms with van der Waals surface area (Å²) in [6.45, 7) is 6.52. The number of imidazole rings is 2. The lowest BCUT2D eigenvalue weighted by Crippen LogP contribution is -2.01. The van der Waals surface area contributed by atoms with Crippen molar-refractivity contribution in [3.05, 3.63) is 211 Å². The van der Waals surface area contributed by atoms with Crippen molar-refractivity contribution < 1.29 is 0 Å². The van der Waals surface area contributed by atoms with E-state index in [4.69, 9.17) is 24.9 Å². The summed E-state index contributed by atoms with van der Waals surface area (Å²) in [4.78, 5) is 25.6. The number of aryl methyl sites for hydroxylation is 2. The highest BCUT2D eigenvalue weighted by atomic mass is 15.1. The van der Waals surface area contributed by atoms with Crippen molar-refractivity contribution >= 4 is 22.1 Å². The first-order valence-corrected chi connectivity index (χ1v) is 21.2. The van der Waals surface area contributed by atoms with E-state index in [1.165, 1.54) is 22.3 Å². The Hall–Kier alpha value is -8.29. The molecule has 0 spiro atoms. The van der Waals surface area contributed by atoms with Gasteiger partial charge in [0.15, 0.2) is 17.5 Å². The molecule has 0 aliphatic heterocycles. The molecule has 0 radical (unpaired) electrons. The van der Waals surface area contributed by atoms with Crippen LogP contribution in [0.5, 0.6) is 0 Å². The van der Waals surface area contributed by atoms with E-state index >= 15 is 0 Å². The largest absolute Gasteiger partial charge is 0.292 e. The van der Waals surface area contributed by atoms with Crippen molar-refractivity contribution in [3.63, 3.8) is 0 Å². The highest BCUT2D eigenvalue weighted by molar-refractivity contribution is 5.85. The van der Waals surface area contributed by atoms with Crippen LogP contribution in [-0.2, 0) is 0 Å². The molecule has 11 aromatic rings. The number of fused-ring (bicyclic) bond motifs is 2. The number of benzene rings is 8. The zero-order valence-corrected chi connectivity index (χ0v) is 35.1. The van der Waals surface area contributed by atoms with E-state index in [1.54, 1.807) is 0 Å². The van der Waals surface area contributed by atoms with Crippen molar-refractivity contribution in [2.45, 2.75) is 20.8 Å². The second kappa shape index (κ2) is 15.6. The monoisotopic (exact) mass is 811 g/mol. The third kappa shape index (κ3) is 6.95. The molecule has 7 heteroatoms. The van der Waals surface area contributed by atoms with Crippen molar-refractivity contribution in [3.8, 4) is 79.4 Å². The first-order chi connectivity index (χ1) is 30.9. The van der Waals surface area contributed by atoms with Crippen LogP contribution in [0.1, 0.15) is 16.7 Å². The molecule has 0 amide bonds. The van der Waals surface area contributed by atoms with Crippen LogP contribution in [0.3, 0.4) is 0 Å². The number of aromatic nitrogens is 7. The lowest BCUT2D eigenvalue weighted by atomic mass is 9.96. The molecule has 0 atom stereocenters. The summed E-state index contributed by atoms with van der Waals surface area (Å²) in [7, 11) is 0. The van der Waals surface area contributed by atoms with E-state index in [2.05, 4.69) is 200 Å². The smallest absolute Gasteiger partial charge is 0.164 e. The van der Waals surface area contributed by atoms with E-state index in [-0.39, 0.29) is 0 Å². The van der Waals surface area contributed by atoms with Crippen LogP contribution in [0.25, 0.3) is 102 Å². The van der Waals surface area contributed by atoms with Crippen LogP contribution in [-0.4, -0.2) is 34.1 Å². The Balaban J connectivity index is 1.00. The molecule has 0 bridgehead atoms. The zero-order chi connectivity index (χ0) is 42.4. The van der Waals surface area contributed by atoms with Gasteiger partial charge in [0.2, 0.25) is 0 Å². The van der Waals surface area contributed by atoms with Crippen molar-refractivity contribution in [2.75, 3.05) is 0 Å². The molecular formula is C56H41N7. The Labute approximate surface area is 365 Å². The summed E-state index contributed by atoms with van der Waals surface area (Å²) in [5.74, 6) is 3.50.